The van der Waals surface area contributed by atoms with E-state index in [-0.39, 0.29) is 0 Å². The van der Waals surface area contributed by atoms with E-state index in [0.717, 1.165) is 10.4 Å². The van der Waals surface area contributed by atoms with Crippen molar-refractivity contribution in [2.75, 3.05) is 19.0 Å². The molecule has 1 heterocycles. The number of hydrogen-bond donors (Lipinski definition) is 1. The molecule has 1 aromatic heterocycles. The Morgan fingerprint density at radius 1 is 1.29 bits per heavy atom. The van der Waals surface area contributed by atoms with Crippen LogP contribution in [0.1, 0.15) is 27.7 Å². The molecule has 1 N–H and O–H groups in total. The number of hydrogen-bond acceptors (Lipinski definition) is 6. The first-order valence-electron chi connectivity index (χ1n) is 6.18. The van der Waals surface area contributed by atoms with Crippen LogP contribution in [0.3, 0.4) is 0 Å². The van der Waals surface area contributed by atoms with E-state index in [2.05, 4.69) is 5.32 Å². The Morgan fingerprint density at radius 2 is 1.95 bits per heavy atom. The SMILES string of the molecule is C/C=C/C(=O)OCC(=O)Nc1sc(C)c(C)c1C(=O)OC. The molecule has 1 aromatic rings. The van der Waals surface area contributed by atoms with Crippen molar-refractivity contribution in [2.24, 2.45) is 0 Å². The number of anilines is 1. The minimum absolute atomic E-state index is 0.327. The maximum absolute atomic E-state index is 11.7. The average Bonchev–Trinajstić information content (AvgIpc) is 2.71. The number of methoxy groups -OCH3 is 1. The molecule has 0 spiro atoms. The van der Waals surface area contributed by atoms with E-state index >= 15 is 0 Å². The highest BCUT2D eigenvalue weighted by Crippen LogP contribution is 2.32. The number of rotatable bonds is 5. The highest BCUT2D eigenvalue weighted by Gasteiger charge is 2.21. The zero-order chi connectivity index (χ0) is 16.0. The molecule has 0 bridgehead atoms. The predicted molar refractivity (Wildman–Crippen MR) is 79.5 cm³/mol. The van der Waals surface area contributed by atoms with Crippen LogP contribution in [0.15, 0.2) is 12.2 Å². The lowest BCUT2D eigenvalue weighted by molar-refractivity contribution is -0.142. The van der Waals surface area contributed by atoms with Gasteiger partial charge in [0.25, 0.3) is 5.91 Å². The number of carbonyl (C=O) groups excluding carboxylic acids is 3. The number of amides is 1. The van der Waals surface area contributed by atoms with Gasteiger partial charge in [-0.25, -0.2) is 9.59 Å². The van der Waals surface area contributed by atoms with Crippen LogP contribution in [0.4, 0.5) is 5.00 Å². The van der Waals surface area contributed by atoms with Crippen molar-refractivity contribution in [1.82, 2.24) is 0 Å². The first kappa shape index (κ1) is 16.9. The Hall–Kier alpha value is -2.15. The number of thiophene rings is 1. The summed E-state index contributed by atoms with van der Waals surface area (Å²) < 4.78 is 9.44. The molecule has 0 unspecified atom stereocenters. The van der Waals surface area contributed by atoms with Gasteiger partial charge in [0, 0.05) is 11.0 Å². The van der Waals surface area contributed by atoms with Crippen molar-refractivity contribution in [3.8, 4) is 0 Å². The van der Waals surface area contributed by atoms with Crippen molar-refractivity contribution < 1.29 is 23.9 Å². The number of esters is 2. The smallest absolute Gasteiger partial charge is 0.341 e. The first-order chi connectivity index (χ1) is 9.90. The maximum Gasteiger partial charge on any atom is 0.341 e. The second kappa shape index (κ2) is 7.58. The molecule has 0 radical (unpaired) electrons. The van der Waals surface area contributed by atoms with Gasteiger partial charge in [-0.1, -0.05) is 6.08 Å². The van der Waals surface area contributed by atoms with Crippen LogP contribution in [-0.2, 0) is 19.1 Å². The Morgan fingerprint density at radius 3 is 2.52 bits per heavy atom. The summed E-state index contributed by atoms with van der Waals surface area (Å²) in [5.74, 6) is -1.63. The minimum atomic E-state index is -0.598. The second-order valence-electron chi connectivity index (χ2n) is 4.13. The molecule has 1 rings (SSSR count). The topological polar surface area (TPSA) is 81.7 Å². The summed E-state index contributed by atoms with van der Waals surface area (Å²) >= 11 is 1.27. The van der Waals surface area contributed by atoms with Crippen molar-refractivity contribution in [3.05, 3.63) is 28.2 Å². The van der Waals surface area contributed by atoms with Crippen LogP contribution in [-0.4, -0.2) is 31.6 Å². The van der Waals surface area contributed by atoms with Crippen LogP contribution in [0.25, 0.3) is 0 Å². The van der Waals surface area contributed by atoms with Gasteiger partial charge in [-0.2, -0.15) is 0 Å². The van der Waals surface area contributed by atoms with E-state index in [9.17, 15) is 14.4 Å². The Bertz CT molecular complexity index is 588. The number of allylic oxidation sites excluding steroid dienone is 1. The quantitative estimate of drug-likeness (QED) is 0.666. The zero-order valence-corrected chi connectivity index (χ0v) is 13.1. The maximum atomic E-state index is 11.7. The standard InChI is InChI=1S/C14H17NO5S/c1-5-6-11(17)20-7-10(16)15-13-12(14(18)19-4)8(2)9(3)21-13/h5-6H,7H2,1-4H3,(H,15,16)/b6-5+. The summed E-state index contributed by atoms with van der Waals surface area (Å²) in [6, 6.07) is 0. The van der Waals surface area contributed by atoms with Gasteiger partial charge in [0.1, 0.15) is 5.00 Å². The van der Waals surface area contributed by atoms with Crippen molar-refractivity contribution in [3.63, 3.8) is 0 Å². The van der Waals surface area contributed by atoms with E-state index < -0.39 is 24.5 Å². The first-order valence-corrected chi connectivity index (χ1v) is 7.00. The van der Waals surface area contributed by atoms with Gasteiger partial charge >= 0.3 is 11.9 Å². The fourth-order valence-electron chi connectivity index (χ4n) is 1.55. The molecule has 0 aliphatic heterocycles. The predicted octanol–water partition coefficient (Wildman–Crippen LogP) is 2.21. The van der Waals surface area contributed by atoms with E-state index in [1.54, 1.807) is 13.8 Å². The number of nitrogens with one attached hydrogen (secondary N) is 1. The summed E-state index contributed by atoms with van der Waals surface area (Å²) in [4.78, 5) is 35.5. The van der Waals surface area contributed by atoms with Crippen LogP contribution >= 0.6 is 11.3 Å². The van der Waals surface area contributed by atoms with E-state index in [1.165, 1.54) is 30.6 Å². The van der Waals surface area contributed by atoms with Gasteiger partial charge in [0.05, 0.1) is 12.7 Å². The van der Waals surface area contributed by atoms with E-state index in [4.69, 9.17) is 9.47 Å². The van der Waals surface area contributed by atoms with E-state index in [1.807, 2.05) is 6.92 Å². The lowest BCUT2D eigenvalue weighted by atomic mass is 10.1. The Balaban J connectivity index is 2.79. The van der Waals surface area contributed by atoms with Crippen LogP contribution in [0.5, 0.6) is 0 Å². The number of carbonyl (C=O) groups is 3. The number of ether oxygens (including phenoxy) is 2. The van der Waals surface area contributed by atoms with Gasteiger partial charge in [-0.05, 0) is 26.3 Å². The fraction of sp³-hybridized carbons (Fsp3) is 0.357. The normalized spacial score (nSPS) is 10.5. The summed E-state index contributed by atoms with van der Waals surface area (Å²) in [7, 11) is 1.28. The largest absolute Gasteiger partial charge is 0.465 e. The van der Waals surface area contributed by atoms with Crippen molar-refractivity contribution >= 4 is 34.2 Å². The fourth-order valence-corrected chi connectivity index (χ4v) is 2.61. The molecule has 1 amide bonds. The summed E-state index contributed by atoms with van der Waals surface area (Å²) in [5, 5.41) is 2.95. The molecule has 114 valence electrons. The third-order valence-corrected chi connectivity index (χ3v) is 3.80. The van der Waals surface area contributed by atoms with Gasteiger partial charge in [0.15, 0.2) is 6.61 Å². The Labute approximate surface area is 126 Å². The molecule has 6 nitrogen and oxygen atoms in total. The summed E-state index contributed by atoms with van der Waals surface area (Å²) in [5.41, 5.74) is 1.08. The molecule has 0 aliphatic rings. The van der Waals surface area contributed by atoms with Crippen LogP contribution in [0, 0.1) is 13.8 Å². The molecule has 0 saturated heterocycles. The highest BCUT2D eigenvalue weighted by molar-refractivity contribution is 7.16. The molecule has 0 aromatic carbocycles. The zero-order valence-electron chi connectivity index (χ0n) is 12.3. The van der Waals surface area contributed by atoms with Gasteiger partial charge in [-0.3, -0.25) is 4.79 Å². The molecule has 21 heavy (non-hydrogen) atoms. The third-order valence-electron chi connectivity index (χ3n) is 2.68. The monoisotopic (exact) mass is 311 g/mol. The van der Waals surface area contributed by atoms with Crippen LogP contribution in [0.2, 0.25) is 0 Å². The molecule has 0 saturated carbocycles. The molecule has 0 aliphatic carbocycles. The molecule has 0 atom stereocenters. The molecule has 7 heteroatoms. The molecular weight excluding hydrogens is 294 g/mol. The van der Waals surface area contributed by atoms with Crippen molar-refractivity contribution in [1.29, 1.82) is 0 Å². The summed E-state index contributed by atoms with van der Waals surface area (Å²) in [6.07, 6.45) is 2.73. The second-order valence-corrected chi connectivity index (χ2v) is 5.36. The van der Waals surface area contributed by atoms with Gasteiger partial charge in [0.2, 0.25) is 0 Å². The minimum Gasteiger partial charge on any atom is -0.465 e. The third kappa shape index (κ3) is 4.42. The van der Waals surface area contributed by atoms with Gasteiger partial charge in [-0.15, -0.1) is 11.3 Å². The van der Waals surface area contributed by atoms with Crippen molar-refractivity contribution in [2.45, 2.75) is 20.8 Å². The lowest BCUT2D eigenvalue weighted by Crippen LogP contribution is -2.21. The molecule has 0 fully saturated rings. The Kier molecular flexibility index (Phi) is 6.10. The molecular formula is C14H17NO5S. The summed E-state index contributed by atoms with van der Waals surface area (Å²) in [6.45, 7) is 4.87. The van der Waals surface area contributed by atoms with Gasteiger partial charge < -0.3 is 14.8 Å². The van der Waals surface area contributed by atoms with E-state index in [0.29, 0.717) is 10.6 Å². The highest BCUT2D eigenvalue weighted by atomic mass is 32.1. The average molecular weight is 311 g/mol. The lowest BCUT2D eigenvalue weighted by Gasteiger charge is -2.06. The van der Waals surface area contributed by atoms with Crippen LogP contribution < -0.4 is 5.32 Å². The number of aryl methyl sites for hydroxylation is 1.